The molecule has 1 aliphatic rings. The largest absolute Gasteiger partial charge is 0.379 e. The number of nitrogens with zero attached hydrogens (tertiary/aromatic N) is 4. The maximum absolute atomic E-state index is 13.2. The van der Waals surface area contributed by atoms with E-state index in [9.17, 15) is 19.2 Å². The van der Waals surface area contributed by atoms with Crippen LogP contribution in [0.25, 0.3) is 9.40 Å². The third-order valence-electron chi connectivity index (χ3n) is 7.79. The number of aromatic nitrogens is 3. The van der Waals surface area contributed by atoms with Crippen LogP contribution < -0.4 is 21.3 Å². The molecule has 4 N–H and O–H groups in total. The fourth-order valence-corrected chi connectivity index (χ4v) is 8.29. The van der Waals surface area contributed by atoms with Gasteiger partial charge in [-0.2, -0.15) is 0 Å². The summed E-state index contributed by atoms with van der Waals surface area (Å²) in [4.78, 5) is 54.7. The third kappa shape index (κ3) is 7.31. The number of ether oxygens (including phenoxy) is 1. The molecule has 4 amide bonds. The number of hydrogen-bond donors (Lipinski definition) is 4. The number of nitrogens with one attached hydrogen (secondary N) is 4. The SMILES string of the molecule is Cn1cc(NC(=O)c2cc(NC(=O)c3cc(NC(=O)c4sc5cc(Cl)sc5c4Cl)cn3C)cn2C)cc1C(=O)NCCN1CCOCC1. The van der Waals surface area contributed by atoms with E-state index in [1.807, 2.05) is 0 Å². The normalized spacial score (nSPS) is 13.5. The Bertz CT molecular complexity index is 2030. The van der Waals surface area contributed by atoms with Crippen molar-refractivity contribution in [1.82, 2.24) is 23.9 Å². The van der Waals surface area contributed by atoms with E-state index in [0.717, 1.165) is 29.0 Å². The van der Waals surface area contributed by atoms with Crippen LogP contribution in [0.4, 0.5) is 17.1 Å². The number of rotatable bonds is 10. The van der Waals surface area contributed by atoms with Gasteiger partial charge in [0.15, 0.2) is 0 Å². The van der Waals surface area contributed by atoms with Crippen LogP contribution in [0.2, 0.25) is 9.36 Å². The Labute approximate surface area is 293 Å². The van der Waals surface area contributed by atoms with Crippen molar-refractivity contribution in [3.8, 4) is 0 Å². The molecule has 0 aromatic carbocycles. The maximum atomic E-state index is 13.2. The predicted octanol–water partition coefficient (Wildman–Crippen LogP) is 5.10. The van der Waals surface area contributed by atoms with Crippen LogP contribution in [0.5, 0.6) is 0 Å². The quantitative estimate of drug-likeness (QED) is 0.157. The van der Waals surface area contributed by atoms with Crippen LogP contribution in [0, 0.1) is 0 Å². The van der Waals surface area contributed by atoms with Crippen molar-refractivity contribution in [2.24, 2.45) is 21.1 Å². The van der Waals surface area contributed by atoms with Gasteiger partial charge in [0.25, 0.3) is 23.6 Å². The number of hydrogen-bond acceptors (Lipinski definition) is 8. The zero-order valence-electron chi connectivity index (χ0n) is 26.2. The summed E-state index contributed by atoms with van der Waals surface area (Å²) in [6, 6.07) is 6.49. The molecule has 5 aromatic rings. The second-order valence-electron chi connectivity index (χ2n) is 11.2. The van der Waals surface area contributed by atoms with Gasteiger partial charge in [-0.1, -0.05) is 23.2 Å². The predicted molar refractivity (Wildman–Crippen MR) is 189 cm³/mol. The van der Waals surface area contributed by atoms with Crippen LogP contribution in [0.1, 0.15) is 41.1 Å². The highest BCUT2D eigenvalue weighted by Crippen LogP contribution is 2.42. The number of carbonyl (C=O) groups is 4. The number of morpholine rings is 1. The first-order chi connectivity index (χ1) is 23.0. The van der Waals surface area contributed by atoms with E-state index in [2.05, 4.69) is 26.2 Å². The van der Waals surface area contributed by atoms with E-state index in [1.54, 1.807) is 77.7 Å². The topological polar surface area (TPSA) is 144 Å². The molecular formula is C31H32Cl2N8O5S2. The van der Waals surface area contributed by atoms with E-state index < -0.39 is 17.7 Å². The second kappa shape index (κ2) is 14.2. The van der Waals surface area contributed by atoms with Crippen molar-refractivity contribution >= 4 is 96.0 Å². The molecular weight excluding hydrogens is 699 g/mol. The van der Waals surface area contributed by atoms with Gasteiger partial charge in [-0.25, -0.2) is 0 Å². The van der Waals surface area contributed by atoms with Crippen LogP contribution >= 0.6 is 45.9 Å². The highest BCUT2D eigenvalue weighted by Gasteiger charge is 2.22. The van der Waals surface area contributed by atoms with Crippen molar-refractivity contribution in [1.29, 1.82) is 0 Å². The summed E-state index contributed by atoms with van der Waals surface area (Å²) in [7, 11) is 5.11. The molecule has 1 aliphatic heterocycles. The van der Waals surface area contributed by atoms with E-state index in [-0.39, 0.29) is 11.6 Å². The lowest BCUT2D eigenvalue weighted by molar-refractivity contribution is 0.0383. The third-order valence-corrected chi connectivity index (χ3v) is 10.9. The molecule has 252 valence electrons. The van der Waals surface area contributed by atoms with Crippen molar-refractivity contribution < 1.29 is 23.9 Å². The minimum atomic E-state index is -0.438. The molecule has 0 saturated carbocycles. The first-order valence-corrected chi connectivity index (χ1v) is 17.2. The average Bonchev–Trinajstić information content (AvgIpc) is 3.84. The Hall–Kier alpha value is -4.12. The molecule has 0 spiro atoms. The van der Waals surface area contributed by atoms with E-state index in [1.165, 1.54) is 22.7 Å². The lowest BCUT2D eigenvalue weighted by Gasteiger charge is -2.26. The van der Waals surface area contributed by atoms with Crippen LogP contribution in [-0.4, -0.2) is 81.6 Å². The molecule has 6 heterocycles. The molecule has 5 aromatic heterocycles. The first kappa shape index (κ1) is 33.8. The number of thiophene rings is 2. The number of amides is 4. The number of anilines is 3. The summed E-state index contributed by atoms with van der Waals surface area (Å²) in [5.41, 5.74) is 2.26. The van der Waals surface area contributed by atoms with Gasteiger partial charge in [0, 0.05) is 70.6 Å². The molecule has 0 unspecified atom stereocenters. The smallest absolute Gasteiger partial charge is 0.272 e. The Morgan fingerprint density at radius 1 is 0.729 bits per heavy atom. The summed E-state index contributed by atoms with van der Waals surface area (Å²) in [6.07, 6.45) is 4.90. The van der Waals surface area contributed by atoms with Crippen molar-refractivity contribution in [2.75, 3.05) is 55.3 Å². The molecule has 1 fully saturated rings. The van der Waals surface area contributed by atoms with Crippen LogP contribution in [0.3, 0.4) is 0 Å². The van der Waals surface area contributed by atoms with E-state index in [0.29, 0.717) is 62.4 Å². The van der Waals surface area contributed by atoms with Gasteiger partial charge in [0.1, 0.15) is 22.0 Å². The summed E-state index contributed by atoms with van der Waals surface area (Å²) >= 11 is 15.0. The number of aryl methyl sites for hydroxylation is 3. The summed E-state index contributed by atoms with van der Waals surface area (Å²) in [6.45, 7) is 4.31. The van der Waals surface area contributed by atoms with Crippen LogP contribution in [-0.2, 0) is 25.9 Å². The zero-order chi connectivity index (χ0) is 34.1. The molecule has 17 heteroatoms. The van der Waals surface area contributed by atoms with Gasteiger partial charge in [0.05, 0.1) is 44.3 Å². The minimum absolute atomic E-state index is 0.237. The summed E-state index contributed by atoms with van der Waals surface area (Å²) in [5, 5.41) is 11.7. The van der Waals surface area contributed by atoms with E-state index in [4.69, 9.17) is 27.9 Å². The summed E-state index contributed by atoms with van der Waals surface area (Å²) in [5.74, 6) is -1.48. The molecule has 0 atom stereocenters. The van der Waals surface area contributed by atoms with Crippen LogP contribution in [0.15, 0.2) is 42.9 Å². The molecule has 0 aliphatic carbocycles. The van der Waals surface area contributed by atoms with Gasteiger partial charge in [-0.3, -0.25) is 24.1 Å². The monoisotopic (exact) mass is 730 g/mol. The Balaban J connectivity index is 1.05. The number of fused-ring (bicyclic) bond motifs is 1. The lowest BCUT2D eigenvalue weighted by Crippen LogP contribution is -2.41. The molecule has 1 saturated heterocycles. The fraction of sp³-hybridized carbons (Fsp3) is 0.290. The minimum Gasteiger partial charge on any atom is -0.379 e. The van der Waals surface area contributed by atoms with Gasteiger partial charge < -0.3 is 39.7 Å². The van der Waals surface area contributed by atoms with Crippen molar-refractivity contribution in [2.45, 2.75) is 0 Å². The fourth-order valence-electron chi connectivity index (χ4n) is 5.38. The standard InChI is InChI=1S/C31H32Cl2N8O5S2/c1-38-14-17(10-20(38)28(42)34-4-5-41-6-8-46-9-7-41)35-29(43)21-11-18(15-39(21)2)36-30(44)22-12-19(16-40(22)3)37-31(45)27-25(33)26-23(47-27)13-24(32)48-26/h10-16H,4-9H2,1-3H3,(H,34,42)(H,35,43)(H,36,44)(H,37,45). The average molecular weight is 732 g/mol. The van der Waals surface area contributed by atoms with Gasteiger partial charge in [-0.05, 0) is 24.3 Å². The summed E-state index contributed by atoms with van der Waals surface area (Å²) < 4.78 is 12.4. The molecule has 13 nitrogen and oxygen atoms in total. The Morgan fingerprint density at radius 3 is 1.75 bits per heavy atom. The van der Waals surface area contributed by atoms with Gasteiger partial charge in [0.2, 0.25) is 0 Å². The molecule has 6 rings (SSSR count). The molecule has 0 radical (unpaired) electrons. The maximum Gasteiger partial charge on any atom is 0.272 e. The van der Waals surface area contributed by atoms with Gasteiger partial charge >= 0.3 is 0 Å². The van der Waals surface area contributed by atoms with Crippen molar-refractivity contribution in [3.05, 3.63) is 74.2 Å². The molecule has 48 heavy (non-hydrogen) atoms. The lowest BCUT2D eigenvalue weighted by atomic mass is 10.3. The molecule has 0 bridgehead atoms. The number of carbonyl (C=O) groups excluding carboxylic acids is 4. The zero-order valence-corrected chi connectivity index (χ0v) is 29.3. The highest BCUT2D eigenvalue weighted by molar-refractivity contribution is 7.31. The number of halogens is 2. The Morgan fingerprint density at radius 2 is 1.23 bits per heavy atom. The second-order valence-corrected chi connectivity index (χ2v) is 14.3. The van der Waals surface area contributed by atoms with Crippen molar-refractivity contribution in [3.63, 3.8) is 0 Å². The van der Waals surface area contributed by atoms with Gasteiger partial charge in [-0.15, -0.1) is 22.7 Å². The van der Waals surface area contributed by atoms with E-state index >= 15 is 0 Å². The Kier molecular flexibility index (Phi) is 9.96. The first-order valence-electron chi connectivity index (χ1n) is 14.9. The highest BCUT2D eigenvalue weighted by atomic mass is 35.5.